The van der Waals surface area contributed by atoms with Gasteiger partial charge in [0.2, 0.25) is 27.8 Å². The number of anilines is 2. The molecule has 0 bridgehead atoms. The van der Waals surface area contributed by atoms with Gasteiger partial charge in [-0.05, 0) is 71.1 Å². The van der Waals surface area contributed by atoms with Gasteiger partial charge in [0, 0.05) is 35.7 Å². The summed E-state index contributed by atoms with van der Waals surface area (Å²) in [6.07, 6.45) is 2.76. The van der Waals surface area contributed by atoms with E-state index in [-0.39, 0.29) is 48.9 Å². The highest BCUT2D eigenvalue weighted by atomic mass is 35.5. The summed E-state index contributed by atoms with van der Waals surface area (Å²) in [5.74, 6) is -1.94. The molecule has 0 saturated carbocycles. The molecule has 5 aromatic rings. The predicted molar refractivity (Wildman–Crippen MR) is 230 cm³/mol. The Labute approximate surface area is 362 Å². The largest absolute Gasteiger partial charge is 0.488 e. The number of carbonyl (C=O) groups excluding carboxylic acids is 4. The maximum atomic E-state index is 13.1. The summed E-state index contributed by atoms with van der Waals surface area (Å²) in [5.41, 5.74) is 5.11. The van der Waals surface area contributed by atoms with Gasteiger partial charge in [0.25, 0.3) is 11.8 Å². The third-order valence-corrected chi connectivity index (χ3v) is 11.4. The molecule has 18 heteroatoms. The first-order valence-corrected chi connectivity index (χ1v) is 21.9. The van der Waals surface area contributed by atoms with Crippen molar-refractivity contribution in [3.63, 3.8) is 0 Å². The first kappa shape index (κ1) is 43.6. The van der Waals surface area contributed by atoms with Gasteiger partial charge in [0.1, 0.15) is 18.7 Å². The zero-order chi connectivity index (χ0) is 44.2. The van der Waals surface area contributed by atoms with Crippen molar-refractivity contribution in [2.75, 3.05) is 55.9 Å². The highest BCUT2D eigenvalue weighted by Crippen LogP contribution is 2.39. The zero-order valence-corrected chi connectivity index (χ0v) is 35.6. The number of ether oxygens (including phenoxy) is 3. The second kappa shape index (κ2) is 18.3. The monoisotopic (exact) mass is 879 g/mol. The van der Waals surface area contributed by atoms with Crippen molar-refractivity contribution < 1.29 is 41.8 Å². The molecule has 2 aliphatic rings. The summed E-state index contributed by atoms with van der Waals surface area (Å²) < 4.78 is 42.6. The minimum Gasteiger partial charge on any atom is -0.488 e. The van der Waals surface area contributed by atoms with E-state index in [1.807, 2.05) is 42.5 Å². The van der Waals surface area contributed by atoms with Crippen LogP contribution in [-0.4, -0.2) is 98.8 Å². The number of hydrogen-bond donors (Lipinski definition) is 3. The molecule has 3 heterocycles. The van der Waals surface area contributed by atoms with Gasteiger partial charge in [-0.25, -0.2) is 18.4 Å². The van der Waals surface area contributed by atoms with Crippen LogP contribution in [0.3, 0.4) is 0 Å². The number of sulfonamides is 1. The minimum atomic E-state index is -3.50. The summed E-state index contributed by atoms with van der Waals surface area (Å²) in [5, 5.41) is 16.4. The Balaban J connectivity index is 0.846. The lowest BCUT2D eigenvalue weighted by molar-refractivity contribution is -0.136. The maximum absolute atomic E-state index is 13.1. The second-order valence-electron chi connectivity index (χ2n) is 15.2. The third-order valence-electron chi connectivity index (χ3n) is 10.5. The molecule has 62 heavy (non-hydrogen) atoms. The van der Waals surface area contributed by atoms with Crippen LogP contribution in [0.2, 0.25) is 5.02 Å². The van der Waals surface area contributed by atoms with E-state index in [2.05, 4.69) is 45.2 Å². The Morgan fingerprint density at radius 1 is 0.887 bits per heavy atom. The molecule has 0 spiro atoms. The summed E-state index contributed by atoms with van der Waals surface area (Å²) in [6, 6.07) is 23.3. The van der Waals surface area contributed by atoms with Crippen LogP contribution in [0.15, 0.2) is 79.0 Å². The highest BCUT2D eigenvalue weighted by Gasteiger charge is 2.44. The predicted octanol–water partition coefficient (Wildman–Crippen LogP) is 5.44. The summed E-state index contributed by atoms with van der Waals surface area (Å²) >= 11 is 6.70. The molecule has 0 radical (unpaired) electrons. The number of amides is 4. The molecule has 320 valence electrons. The molecule has 1 atom stereocenters. The highest BCUT2D eigenvalue weighted by molar-refractivity contribution is 7.92. The fourth-order valence-corrected chi connectivity index (χ4v) is 7.94. The molecule has 1 fully saturated rings. The van der Waals surface area contributed by atoms with Crippen molar-refractivity contribution in [1.82, 2.24) is 20.2 Å². The fourth-order valence-electron chi connectivity index (χ4n) is 7.23. The molecule has 0 aliphatic carbocycles. The van der Waals surface area contributed by atoms with Gasteiger partial charge >= 0.3 is 0 Å². The van der Waals surface area contributed by atoms with E-state index < -0.39 is 45.1 Å². The number of benzene rings is 4. The molecular formula is C44H42ClN7O9S. The Morgan fingerprint density at radius 3 is 2.32 bits per heavy atom. The number of nitrogens with zero attached hydrogens (tertiary/aromatic N) is 4. The normalized spacial score (nSPS) is 15.3. The van der Waals surface area contributed by atoms with Crippen LogP contribution in [0.25, 0.3) is 22.0 Å². The van der Waals surface area contributed by atoms with Crippen molar-refractivity contribution in [3.8, 4) is 22.9 Å². The maximum Gasteiger partial charge on any atom is 0.262 e. The minimum absolute atomic E-state index is 0.0103. The number of nitriles is 1. The number of fused-ring (bicyclic) bond motifs is 2. The van der Waals surface area contributed by atoms with Gasteiger partial charge in [-0.15, -0.1) is 0 Å². The molecule has 1 saturated heterocycles. The van der Waals surface area contributed by atoms with E-state index in [9.17, 15) is 32.9 Å². The molecule has 1 unspecified atom stereocenters. The third kappa shape index (κ3) is 9.69. The molecule has 4 aromatic carbocycles. The first-order chi connectivity index (χ1) is 29.6. The van der Waals surface area contributed by atoms with E-state index in [1.165, 1.54) is 6.07 Å². The van der Waals surface area contributed by atoms with Gasteiger partial charge in [-0.3, -0.25) is 34.1 Å². The number of nitrogens with one attached hydrogen (secondary N) is 3. The Bertz CT molecular complexity index is 2740. The number of rotatable bonds is 17. The Hall–Kier alpha value is -6.45. The van der Waals surface area contributed by atoms with Crippen molar-refractivity contribution in [2.24, 2.45) is 0 Å². The van der Waals surface area contributed by atoms with Crippen LogP contribution in [0, 0.1) is 11.3 Å². The Morgan fingerprint density at radius 2 is 1.60 bits per heavy atom. The van der Waals surface area contributed by atoms with Gasteiger partial charge in [-0.1, -0.05) is 55.8 Å². The van der Waals surface area contributed by atoms with E-state index >= 15 is 0 Å². The number of piperidine rings is 1. The number of aromatic nitrogens is 2. The van der Waals surface area contributed by atoms with Gasteiger partial charge in [-0.2, -0.15) is 5.26 Å². The SMILES string of the molecule is CC(C)(c1ccc(-c2ccc3nc(NS(C)(=O)=O)ncc3c2)cc1)c1cc(Cl)c(OCCOCCOCCNc2ccc3c(c2)C(=O)N(C2CCC(=O)NC2=O)C3=O)c(C#N)c1. The number of imide groups is 2. The van der Waals surface area contributed by atoms with Crippen molar-refractivity contribution in [1.29, 1.82) is 5.26 Å². The van der Waals surface area contributed by atoms with Crippen LogP contribution in [0.1, 0.15) is 64.1 Å². The van der Waals surface area contributed by atoms with Crippen LogP contribution >= 0.6 is 11.6 Å². The van der Waals surface area contributed by atoms with Crippen LogP contribution < -0.4 is 20.1 Å². The fraction of sp³-hybridized carbons (Fsp3) is 0.295. The first-order valence-electron chi connectivity index (χ1n) is 19.6. The molecule has 4 amide bonds. The smallest absolute Gasteiger partial charge is 0.262 e. The van der Waals surface area contributed by atoms with Crippen molar-refractivity contribution >= 4 is 67.8 Å². The molecule has 2 aliphatic heterocycles. The Kier molecular flexibility index (Phi) is 12.9. The molecule has 16 nitrogen and oxygen atoms in total. The number of carbonyl (C=O) groups is 4. The number of halogens is 1. The quantitative estimate of drug-likeness (QED) is 0.0784. The molecule has 1 aromatic heterocycles. The standard InChI is InChI=1S/C44H42ClN7O9S/c1-44(2,30-7-4-26(5-8-30)27-6-11-36-29(20-27)25-48-43(49-36)51-62(3,57)58)31-21-28(24-46)39(35(45)22-31)61-19-18-60-17-16-59-15-14-47-32-9-10-33-34(23-32)42(56)52(41(33)55)37-12-13-38(53)50-40(37)54/h4-11,20-23,25,37,47H,12-19H2,1-3H3,(H,48,49,51)(H,50,53,54). The van der Waals surface area contributed by atoms with Gasteiger partial charge in [0.15, 0.2) is 5.75 Å². The van der Waals surface area contributed by atoms with E-state index in [0.717, 1.165) is 38.8 Å². The molecule has 3 N–H and O–H groups in total. The lowest BCUT2D eigenvalue weighted by Crippen LogP contribution is -2.54. The molecular weight excluding hydrogens is 838 g/mol. The number of hydrogen-bond acceptors (Lipinski definition) is 13. The van der Waals surface area contributed by atoms with E-state index in [4.69, 9.17) is 25.8 Å². The van der Waals surface area contributed by atoms with Gasteiger partial charge in [0.05, 0.1) is 59.9 Å². The average Bonchev–Trinajstić information content (AvgIpc) is 3.48. The second-order valence-corrected chi connectivity index (χ2v) is 17.4. The topological polar surface area (TPSA) is 219 Å². The lowest BCUT2D eigenvalue weighted by atomic mass is 9.77. The van der Waals surface area contributed by atoms with E-state index in [1.54, 1.807) is 30.5 Å². The average molecular weight is 880 g/mol. The molecule has 7 rings (SSSR count). The summed E-state index contributed by atoms with van der Waals surface area (Å²) in [4.78, 5) is 59.1. The van der Waals surface area contributed by atoms with Gasteiger partial charge < -0.3 is 19.5 Å². The lowest BCUT2D eigenvalue weighted by Gasteiger charge is -2.27. The van der Waals surface area contributed by atoms with Crippen molar-refractivity contribution in [3.05, 3.63) is 112 Å². The zero-order valence-electron chi connectivity index (χ0n) is 34.0. The summed E-state index contributed by atoms with van der Waals surface area (Å²) in [6.45, 7) is 5.82. The summed E-state index contributed by atoms with van der Waals surface area (Å²) in [7, 11) is -3.50. The van der Waals surface area contributed by atoms with Crippen molar-refractivity contribution in [2.45, 2.75) is 38.1 Å². The van der Waals surface area contributed by atoms with Crippen LogP contribution in [-0.2, 0) is 34.5 Å². The van der Waals surface area contributed by atoms with E-state index in [0.29, 0.717) is 48.2 Å². The van der Waals surface area contributed by atoms with Crippen LogP contribution in [0.4, 0.5) is 11.6 Å². The van der Waals surface area contributed by atoms with Crippen LogP contribution in [0.5, 0.6) is 5.75 Å².